The average molecular weight is 210 g/mol. The highest BCUT2D eigenvalue weighted by atomic mass is 79.9. The van der Waals surface area contributed by atoms with E-state index in [9.17, 15) is 8.42 Å². The Morgan fingerprint density at radius 3 is 2.33 bits per heavy atom. The van der Waals surface area contributed by atoms with Crippen LogP contribution in [0.5, 0.6) is 0 Å². The Balaban J connectivity index is 3.29. The molecule has 50 valence electrons. The molecule has 0 amide bonds. The van der Waals surface area contributed by atoms with E-state index in [0.29, 0.717) is 0 Å². The van der Waals surface area contributed by atoms with Gasteiger partial charge in [-0.25, -0.2) is 13.4 Å². The Bertz CT molecular complexity index is 264. The molecule has 0 radical (unpaired) electrons. The summed E-state index contributed by atoms with van der Waals surface area (Å²) in [5, 5.41) is 0.148. The molecule has 0 aromatic rings. The van der Waals surface area contributed by atoms with Gasteiger partial charge in [0.15, 0.2) is 0 Å². The number of halogens is 1. The summed E-state index contributed by atoms with van der Waals surface area (Å²) in [5.74, 6) is 0. The highest BCUT2D eigenvalue weighted by molar-refractivity contribution is 9.14. The zero-order chi connectivity index (χ0) is 7.07. The second-order valence-corrected chi connectivity index (χ2v) is 5.00. The molecule has 0 fully saturated rings. The third-order valence-electron chi connectivity index (χ3n) is 0.993. The molecule has 0 bridgehead atoms. The summed E-state index contributed by atoms with van der Waals surface area (Å²) < 4.78 is 21.8. The fraction of sp³-hybridized carbons (Fsp3) is 0.250. The topological polar surface area (TPSA) is 46.5 Å². The lowest BCUT2D eigenvalue weighted by atomic mass is 10.8. The van der Waals surface area contributed by atoms with E-state index in [1.54, 1.807) is 0 Å². The van der Waals surface area contributed by atoms with Gasteiger partial charge in [0, 0.05) is 0 Å². The number of sulfone groups is 1. The van der Waals surface area contributed by atoms with Crippen LogP contribution in [-0.4, -0.2) is 13.5 Å². The van der Waals surface area contributed by atoms with E-state index in [4.69, 9.17) is 0 Å². The van der Waals surface area contributed by atoms with Gasteiger partial charge in [0.2, 0.25) is 9.84 Å². The molecule has 0 aromatic carbocycles. The van der Waals surface area contributed by atoms with Crippen molar-refractivity contribution >= 4 is 30.8 Å². The summed E-state index contributed by atoms with van der Waals surface area (Å²) in [6, 6.07) is 0. The third-order valence-corrected chi connectivity index (χ3v) is 3.98. The molecule has 0 spiro atoms. The van der Waals surface area contributed by atoms with Gasteiger partial charge in [-0.2, -0.15) is 0 Å². The van der Waals surface area contributed by atoms with Crippen LogP contribution in [0.15, 0.2) is 15.0 Å². The molecule has 0 aromatic heterocycles. The maximum Gasteiger partial charge on any atom is 0.227 e. The van der Waals surface area contributed by atoms with Crippen LogP contribution in [0, 0.1) is 0 Å². The highest BCUT2D eigenvalue weighted by Crippen LogP contribution is 2.21. The molecule has 0 N–H and O–H groups in total. The zero-order valence-corrected chi connectivity index (χ0v) is 7.03. The number of rotatable bonds is 0. The Hall–Kier alpha value is -0.160. The molecule has 0 atom stereocenters. The van der Waals surface area contributed by atoms with Gasteiger partial charge in [0.1, 0.15) is 8.86 Å². The number of hydrogen-bond acceptors (Lipinski definition) is 3. The van der Waals surface area contributed by atoms with Gasteiger partial charge < -0.3 is 0 Å². The van der Waals surface area contributed by atoms with Crippen LogP contribution in [0.25, 0.3) is 0 Å². The minimum Gasteiger partial charge on any atom is -0.247 e. The van der Waals surface area contributed by atoms with Gasteiger partial charge >= 0.3 is 0 Å². The lowest BCUT2D eigenvalue weighted by molar-refractivity contribution is 0.615. The van der Waals surface area contributed by atoms with Crippen molar-refractivity contribution < 1.29 is 8.42 Å². The monoisotopic (exact) mass is 209 g/mol. The SMILES string of the molecule is CC1=NC=C(Br)S1(=O)=O. The van der Waals surface area contributed by atoms with Gasteiger partial charge in [-0.3, -0.25) is 0 Å². The van der Waals surface area contributed by atoms with E-state index in [-0.39, 0.29) is 8.86 Å². The van der Waals surface area contributed by atoms with Crippen molar-refractivity contribution in [2.24, 2.45) is 4.99 Å². The van der Waals surface area contributed by atoms with Gasteiger partial charge in [-0.15, -0.1) is 0 Å². The van der Waals surface area contributed by atoms with E-state index in [0.717, 1.165) is 0 Å². The Labute approximate surface area is 61.5 Å². The Morgan fingerprint density at radius 2 is 2.22 bits per heavy atom. The second kappa shape index (κ2) is 1.91. The number of aliphatic imine (C=N–C) groups is 1. The first kappa shape index (κ1) is 6.95. The third kappa shape index (κ3) is 0.943. The van der Waals surface area contributed by atoms with Crippen molar-refractivity contribution in [3.8, 4) is 0 Å². The van der Waals surface area contributed by atoms with Gasteiger partial charge in [0.25, 0.3) is 0 Å². The molecule has 3 nitrogen and oxygen atoms in total. The summed E-state index contributed by atoms with van der Waals surface area (Å²) in [5.41, 5.74) is 0. The van der Waals surface area contributed by atoms with Crippen molar-refractivity contribution in [1.82, 2.24) is 0 Å². The van der Waals surface area contributed by atoms with Crippen LogP contribution in [0.1, 0.15) is 6.92 Å². The normalized spacial score (nSPS) is 23.3. The van der Waals surface area contributed by atoms with Crippen LogP contribution >= 0.6 is 15.9 Å². The molecule has 0 unspecified atom stereocenters. The summed E-state index contributed by atoms with van der Waals surface area (Å²) >= 11 is 2.86. The maximum absolute atomic E-state index is 10.8. The molecule has 0 aliphatic carbocycles. The van der Waals surface area contributed by atoms with E-state index < -0.39 is 9.84 Å². The van der Waals surface area contributed by atoms with Gasteiger partial charge in [-0.1, -0.05) is 0 Å². The molecule has 1 aliphatic rings. The predicted octanol–water partition coefficient (Wildman–Crippen LogP) is 1.03. The minimum absolute atomic E-state index is 0.146. The largest absolute Gasteiger partial charge is 0.247 e. The summed E-state index contributed by atoms with van der Waals surface area (Å²) in [4.78, 5) is 3.59. The zero-order valence-electron chi connectivity index (χ0n) is 4.63. The Kier molecular flexibility index (Phi) is 1.48. The lowest BCUT2D eigenvalue weighted by Crippen LogP contribution is -2.05. The smallest absolute Gasteiger partial charge is 0.227 e. The van der Waals surface area contributed by atoms with E-state index in [1.165, 1.54) is 13.1 Å². The average Bonchev–Trinajstić information content (AvgIpc) is 1.96. The molecule has 0 saturated heterocycles. The van der Waals surface area contributed by atoms with Crippen molar-refractivity contribution in [3.63, 3.8) is 0 Å². The molecule has 1 aliphatic heterocycles. The van der Waals surface area contributed by atoms with E-state index in [2.05, 4.69) is 20.9 Å². The van der Waals surface area contributed by atoms with Crippen LogP contribution in [0.2, 0.25) is 0 Å². The molecule has 1 rings (SSSR count). The van der Waals surface area contributed by atoms with Crippen molar-refractivity contribution in [2.45, 2.75) is 6.92 Å². The van der Waals surface area contributed by atoms with Gasteiger partial charge in [-0.05, 0) is 22.9 Å². The molecule has 5 heteroatoms. The van der Waals surface area contributed by atoms with E-state index >= 15 is 0 Å². The minimum atomic E-state index is -3.18. The molecule has 1 heterocycles. The quantitative estimate of drug-likeness (QED) is 0.599. The maximum atomic E-state index is 10.8. The van der Waals surface area contributed by atoms with Crippen LogP contribution in [-0.2, 0) is 9.84 Å². The van der Waals surface area contributed by atoms with Crippen LogP contribution in [0.3, 0.4) is 0 Å². The predicted molar refractivity (Wildman–Crippen MR) is 39.0 cm³/mol. The fourth-order valence-electron chi connectivity index (χ4n) is 0.422. The second-order valence-electron chi connectivity index (χ2n) is 1.58. The lowest BCUT2D eigenvalue weighted by Gasteiger charge is -1.89. The standard InChI is InChI=1S/C4H4BrNO2S/c1-3-6-2-4(5)9(3,7)8/h2H,1H3. The van der Waals surface area contributed by atoms with E-state index in [1.807, 2.05) is 0 Å². The molecule has 0 saturated carbocycles. The summed E-state index contributed by atoms with van der Waals surface area (Å²) in [6.45, 7) is 1.46. The Morgan fingerprint density at radius 1 is 1.67 bits per heavy atom. The summed E-state index contributed by atoms with van der Waals surface area (Å²) in [7, 11) is -3.18. The van der Waals surface area contributed by atoms with Crippen molar-refractivity contribution in [1.29, 1.82) is 0 Å². The number of hydrogen-bond donors (Lipinski definition) is 0. The van der Waals surface area contributed by atoms with Gasteiger partial charge in [0.05, 0.1) is 6.20 Å². The molecular formula is C4H4BrNO2S. The first-order valence-corrected chi connectivity index (χ1v) is 4.48. The van der Waals surface area contributed by atoms with Crippen molar-refractivity contribution in [3.05, 3.63) is 10.0 Å². The first-order valence-electron chi connectivity index (χ1n) is 2.20. The van der Waals surface area contributed by atoms with Crippen LogP contribution in [0.4, 0.5) is 0 Å². The first-order chi connectivity index (χ1) is 4.05. The molecular weight excluding hydrogens is 206 g/mol. The van der Waals surface area contributed by atoms with Crippen molar-refractivity contribution in [2.75, 3.05) is 0 Å². The number of nitrogens with zero attached hydrogens (tertiary/aromatic N) is 1. The summed E-state index contributed by atoms with van der Waals surface area (Å²) in [6.07, 6.45) is 1.28. The van der Waals surface area contributed by atoms with Crippen LogP contribution < -0.4 is 0 Å². The highest BCUT2D eigenvalue weighted by Gasteiger charge is 2.23. The fourth-order valence-corrected chi connectivity index (χ4v) is 1.89. The molecule has 9 heavy (non-hydrogen) atoms.